The molecule has 2 aliphatic rings. The summed E-state index contributed by atoms with van der Waals surface area (Å²) >= 11 is 0. The number of rotatable bonds is 3. The standard InChI is InChI=1S/C19H26N2O4/c1-20(2)18(22)14-5-4-8-21(11-14)19(23)15-9-13-6-7-16(24-3)10-17(13)25-12-15/h6-7,10,14-15H,4-5,8-9,11-12H2,1-3H3/t14-,15-/m0/s1. The van der Waals surface area contributed by atoms with Crippen LogP contribution in [0.1, 0.15) is 18.4 Å². The molecule has 1 aromatic carbocycles. The first-order chi connectivity index (χ1) is 12.0. The molecule has 2 heterocycles. The Morgan fingerprint density at radius 2 is 2.08 bits per heavy atom. The first-order valence-corrected chi connectivity index (χ1v) is 8.79. The van der Waals surface area contributed by atoms with E-state index in [9.17, 15) is 9.59 Å². The summed E-state index contributed by atoms with van der Waals surface area (Å²) in [6.45, 7) is 1.62. The molecule has 1 saturated heterocycles. The number of hydrogen-bond acceptors (Lipinski definition) is 4. The minimum atomic E-state index is -0.186. The van der Waals surface area contributed by atoms with Crippen LogP contribution in [0.15, 0.2) is 18.2 Å². The van der Waals surface area contributed by atoms with Crippen molar-refractivity contribution in [1.82, 2.24) is 9.80 Å². The van der Waals surface area contributed by atoms with E-state index in [1.165, 1.54) is 0 Å². The predicted molar refractivity (Wildman–Crippen MR) is 93.7 cm³/mol. The summed E-state index contributed by atoms with van der Waals surface area (Å²) in [4.78, 5) is 28.6. The lowest BCUT2D eigenvalue weighted by molar-refractivity contribution is -0.142. The van der Waals surface area contributed by atoms with Gasteiger partial charge in [0.15, 0.2) is 0 Å². The summed E-state index contributed by atoms with van der Waals surface area (Å²) in [5, 5.41) is 0. The number of ether oxygens (including phenoxy) is 2. The number of carbonyl (C=O) groups excluding carboxylic acids is 2. The average molecular weight is 346 g/mol. The van der Waals surface area contributed by atoms with Gasteiger partial charge in [-0.05, 0) is 30.9 Å². The van der Waals surface area contributed by atoms with E-state index in [0.717, 1.165) is 36.4 Å². The number of likely N-dealkylation sites (tertiary alicyclic amines) is 1. The van der Waals surface area contributed by atoms with Crippen LogP contribution in [-0.2, 0) is 16.0 Å². The lowest BCUT2D eigenvalue weighted by Crippen LogP contribution is -2.48. The fourth-order valence-electron chi connectivity index (χ4n) is 3.64. The van der Waals surface area contributed by atoms with Crippen LogP contribution in [-0.4, -0.2) is 62.5 Å². The zero-order valence-electron chi connectivity index (χ0n) is 15.2. The van der Waals surface area contributed by atoms with E-state index in [1.807, 2.05) is 23.1 Å². The molecule has 6 nitrogen and oxygen atoms in total. The number of carbonyl (C=O) groups is 2. The van der Waals surface area contributed by atoms with E-state index < -0.39 is 0 Å². The first-order valence-electron chi connectivity index (χ1n) is 8.79. The van der Waals surface area contributed by atoms with Crippen molar-refractivity contribution in [2.24, 2.45) is 11.8 Å². The second-order valence-corrected chi connectivity index (χ2v) is 7.04. The summed E-state index contributed by atoms with van der Waals surface area (Å²) in [6, 6.07) is 5.71. The normalized spacial score (nSPS) is 22.6. The van der Waals surface area contributed by atoms with Crippen molar-refractivity contribution >= 4 is 11.8 Å². The maximum Gasteiger partial charge on any atom is 0.229 e. The number of amides is 2. The molecule has 0 spiro atoms. The highest BCUT2D eigenvalue weighted by Crippen LogP contribution is 2.32. The first kappa shape index (κ1) is 17.6. The number of fused-ring (bicyclic) bond motifs is 1. The maximum absolute atomic E-state index is 12.9. The Kier molecular flexibility index (Phi) is 5.16. The number of nitrogens with zero attached hydrogens (tertiary/aromatic N) is 2. The second-order valence-electron chi connectivity index (χ2n) is 7.04. The highest BCUT2D eigenvalue weighted by Gasteiger charge is 2.34. The zero-order chi connectivity index (χ0) is 18.0. The van der Waals surface area contributed by atoms with Crippen LogP contribution in [0, 0.1) is 11.8 Å². The topological polar surface area (TPSA) is 59.1 Å². The second kappa shape index (κ2) is 7.33. The van der Waals surface area contributed by atoms with Gasteiger partial charge in [0, 0.05) is 33.3 Å². The van der Waals surface area contributed by atoms with Crippen LogP contribution < -0.4 is 9.47 Å². The molecule has 25 heavy (non-hydrogen) atoms. The fourth-order valence-corrected chi connectivity index (χ4v) is 3.64. The number of hydrogen-bond donors (Lipinski definition) is 0. The van der Waals surface area contributed by atoms with E-state index in [-0.39, 0.29) is 23.7 Å². The van der Waals surface area contributed by atoms with Gasteiger partial charge in [-0.25, -0.2) is 0 Å². The minimum absolute atomic E-state index is 0.0891. The summed E-state index contributed by atoms with van der Waals surface area (Å²) < 4.78 is 11.0. The van der Waals surface area contributed by atoms with Crippen molar-refractivity contribution in [1.29, 1.82) is 0 Å². The molecule has 1 aromatic rings. The van der Waals surface area contributed by atoms with Crippen LogP contribution in [0.5, 0.6) is 11.5 Å². The van der Waals surface area contributed by atoms with Crippen molar-refractivity contribution in [3.8, 4) is 11.5 Å². The van der Waals surface area contributed by atoms with Gasteiger partial charge in [-0.1, -0.05) is 6.07 Å². The van der Waals surface area contributed by atoms with Gasteiger partial charge in [0.1, 0.15) is 18.1 Å². The summed E-state index contributed by atoms with van der Waals surface area (Å²) in [6.07, 6.45) is 2.39. The maximum atomic E-state index is 12.9. The van der Waals surface area contributed by atoms with E-state index in [0.29, 0.717) is 19.6 Å². The van der Waals surface area contributed by atoms with Crippen LogP contribution in [0.3, 0.4) is 0 Å². The highest BCUT2D eigenvalue weighted by atomic mass is 16.5. The monoisotopic (exact) mass is 346 g/mol. The van der Waals surface area contributed by atoms with Gasteiger partial charge in [-0.15, -0.1) is 0 Å². The molecule has 0 N–H and O–H groups in total. The number of methoxy groups -OCH3 is 1. The Morgan fingerprint density at radius 3 is 2.80 bits per heavy atom. The molecular formula is C19H26N2O4. The molecular weight excluding hydrogens is 320 g/mol. The lowest BCUT2D eigenvalue weighted by Gasteiger charge is -2.36. The fraction of sp³-hybridized carbons (Fsp3) is 0.579. The largest absolute Gasteiger partial charge is 0.497 e. The summed E-state index contributed by atoms with van der Waals surface area (Å²) in [5.41, 5.74) is 1.03. The third-order valence-corrected chi connectivity index (χ3v) is 5.05. The molecule has 2 atom stereocenters. The third-order valence-electron chi connectivity index (χ3n) is 5.05. The smallest absolute Gasteiger partial charge is 0.229 e. The molecule has 2 aliphatic heterocycles. The number of piperidine rings is 1. The molecule has 3 rings (SSSR count). The van der Waals surface area contributed by atoms with Crippen LogP contribution in [0.4, 0.5) is 0 Å². The molecule has 0 saturated carbocycles. The van der Waals surface area contributed by atoms with Gasteiger partial charge in [-0.3, -0.25) is 9.59 Å². The molecule has 1 fully saturated rings. The Bertz CT molecular complexity index is 659. The van der Waals surface area contributed by atoms with Gasteiger partial charge < -0.3 is 19.3 Å². The van der Waals surface area contributed by atoms with Gasteiger partial charge in [0.2, 0.25) is 11.8 Å². The molecule has 136 valence electrons. The highest BCUT2D eigenvalue weighted by molar-refractivity contribution is 5.82. The molecule has 0 aromatic heterocycles. The van der Waals surface area contributed by atoms with Gasteiger partial charge >= 0.3 is 0 Å². The quantitative estimate of drug-likeness (QED) is 0.834. The third kappa shape index (κ3) is 3.72. The van der Waals surface area contributed by atoms with Crippen molar-refractivity contribution in [2.45, 2.75) is 19.3 Å². The molecule has 6 heteroatoms. The van der Waals surface area contributed by atoms with Crippen LogP contribution in [0.25, 0.3) is 0 Å². The Hall–Kier alpha value is -2.24. The predicted octanol–water partition coefficient (Wildman–Crippen LogP) is 1.57. The average Bonchev–Trinajstić information content (AvgIpc) is 2.65. The minimum Gasteiger partial charge on any atom is -0.497 e. The Labute approximate surface area is 148 Å². The van der Waals surface area contributed by atoms with Crippen molar-refractivity contribution in [3.63, 3.8) is 0 Å². The molecule has 0 unspecified atom stereocenters. The Morgan fingerprint density at radius 1 is 1.28 bits per heavy atom. The molecule has 0 bridgehead atoms. The molecule has 2 amide bonds. The lowest BCUT2D eigenvalue weighted by atomic mass is 9.92. The van der Waals surface area contributed by atoms with Crippen molar-refractivity contribution in [2.75, 3.05) is 40.9 Å². The van der Waals surface area contributed by atoms with Crippen molar-refractivity contribution < 1.29 is 19.1 Å². The molecule has 0 aliphatic carbocycles. The number of benzene rings is 1. The van der Waals surface area contributed by atoms with E-state index in [1.54, 1.807) is 26.1 Å². The molecule has 0 radical (unpaired) electrons. The van der Waals surface area contributed by atoms with Gasteiger partial charge in [0.05, 0.1) is 18.9 Å². The van der Waals surface area contributed by atoms with Gasteiger partial charge in [0.25, 0.3) is 0 Å². The zero-order valence-corrected chi connectivity index (χ0v) is 15.2. The summed E-state index contributed by atoms with van der Waals surface area (Å²) in [7, 11) is 5.16. The van der Waals surface area contributed by atoms with Crippen molar-refractivity contribution in [3.05, 3.63) is 23.8 Å². The van der Waals surface area contributed by atoms with E-state index >= 15 is 0 Å². The van der Waals surface area contributed by atoms with Crippen LogP contribution >= 0.6 is 0 Å². The Balaban J connectivity index is 1.66. The summed E-state index contributed by atoms with van der Waals surface area (Å²) in [5.74, 6) is 1.47. The SMILES string of the molecule is COc1ccc2c(c1)OC[C@@H](C(=O)N1CCC[C@H](C(=O)N(C)C)C1)C2. The van der Waals surface area contributed by atoms with E-state index in [2.05, 4.69) is 0 Å². The van der Waals surface area contributed by atoms with Crippen LogP contribution in [0.2, 0.25) is 0 Å². The van der Waals surface area contributed by atoms with E-state index in [4.69, 9.17) is 9.47 Å². The van der Waals surface area contributed by atoms with Gasteiger partial charge in [-0.2, -0.15) is 0 Å².